The molecule has 0 spiro atoms. The number of hydrogen-bond donors (Lipinski definition) is 1. The Bertz CT molecular complexity index is 677. The quantitative estimate of drug-likeness (QED) is 0.829. The molecule has 0 amide bonds. The molecule has 0 aliphatic heterocycles. The van der Waals surface area contributed by atoms with E-state index in [1.807, 2.05) is 0 Å². The minimum atomic E-state index is -4.37. The van der Waals surface area contributed by atoms with Gasteiger partial charge in [-0.1, -0.05) is 18.3 Å². The second-order valence-corrected chi connectivity index (χ2v) is 4.98. The lowest BCUT2D eigenvalue weighted by Gasteiger charge is -2.15. The average molecular weight is 341 g/mol. The molecule has 0 saturated carbocycles. The van der Waals surface area contributed by atoms with E-state index in [9.17, 15) is 13.2 Å². The largest absolute Gasteiger partial charge is 0.496 e. The van der Waals surface area contributed by atoms with E-state index in [-0.39, 0.29) is 0 Å². The van der Waals surface area contributed by atoms with E-state index >= 15 is 0 Å². The lowest BCUT2D eigenvalue weighted by Crippen LogP contribution is -2.13. The van der Waals surface area contributed by atoms with Crippen molar-refractivity contribution in [2.24, 2.45) is 0 Å². The summed E-state index contributed by atoms with van der Waals surface area (Å²) in [5, 5.41) is 2.89. The van der Waals surface area contributed by atoms with Gasteiger partial charge in [0, 0.05) is 5.69 Å². The zero-order chi connectivity index (χ0) is 17.0. The molecule has 2 aromatic carbocycles. The molecular weight excluding hydrogens is 327 g/mol. The smallest absolute Gasteiger partial charge is 0.416 e. The second-order valence-electron chi connectivity index (χ2n) is 4.57. The number of nitrogens with one attached hydrogen (secondary N) is 1. The third-order valence-corrected chi connectivity index (χ3v) is 3.43. The van der Waals surface area contributed by atoms with Crippen LogP contribution in [0.4, 0.5) is 18.9 Å². The Labute approximate surface area is 137 Å². The van der Waals surface area contributed by atoms with Gasteiger partial charge in [0.05, 0.1) is 25.3 Å². The van der Waals surface area contributed by atoms with Crippen LogP contribution >= 0.6 is 12.2 Å². The van der Waals surface area contributed by atoms with Gasteiger partial charge >= 0.3 is 6.18 Å². The molecule has 23 heavy (non-hydrogen) atoms. The Morgan fingerprint density at radius 1 is 0.957 bits per heavy atom. The van der Waals surface area contributed by atoms with Crippen LogP contribution < -0.4 is 14.8 Å². The Morgan fingerprint density at radius 2 is 1.48 bits per heavy atom. The molecule has 0 aliphatic rings. The van der Waals surface area contributed by atoms with E-state index in [0.717, 1.165) is 12.1 Å². The molecule has 2 aromatic rings. The standard InChI is InChI=1S/C16H14F3NO2S/c1-21-12-4-3-5-13(22-2)14(12)15(23)20-11-8-6-10(7-9-11)16(17,18)19/h3-9H,1-2H3,(H,20,23). The maximum absolute atomic E-state index is 12.6. The molecule has 0 saturated heterocycles. The molecule has 122 valence electrons. The molecule has 0 aromatic heterocycles. The molecule has 1 N–H and O–H groups in total. The van der Waals surface area contributed by atoms with Crippen molar-refractivity contribution in [2.45, 2.75) is 6.18 Å². The van der Waals surface area contributed by atoms with Crippen molar-refractivity contribution in [3.05, 3.63) is 53.6 Å². The maximum Gasteiger partial charge on any atom is 0.416 e. The first kappa shape index (κ1) is 17.1. The van der Waals surface area contributed by atoms with Crippen LogP contribution in [0.25, 0.3) is 0 Å². The van der Waals surface area contributed by atoms with Crippen LogP contribution in [0.1, 0.15) is 11.1 Å². The van der Waals surface area contributed by atoms with E-state index in [2.05, 4.69) is 5.32 Å². The van der Waals surface area contributed by atoms with Crippen LogP contribution in [0.5, 0.6) is 11.5 Å². The molecule has 0 unspecified atom stereocenters. The van der Waals surface area contributed by atoms with Gasteiger partial charge in [-0.25, -0.2) is 0 Å². The minimum Gasteiger partial charge on any atom is -0.496 e. The molecule has 0 heterocycles. The summed E-state index contributed by atoms with van der Waals surface area (Å²) >= 11 is 5.32. The van der Waals surface area contributed by atoms with Crippen LogP contribution in [-0.2, 0) is 6.18 Å². The Hall–Kier alpha value is -2.28. The van der Waals surface area contributed by atoms with Crippen LogP contribution in [-0.4, -0.2) is 19.2 Å². The number of anilines is 1. The van der Waals surface area contributed by atoms with Gasteiger partial charge in [-0.2, -0.15) is 13.2 Å². The van der Waals surface area contributed by atoms with E-state index < -0.39 is 11.7 Å². The van der Waals surface area contributed by atoms with Crippen molar-refractivity contribution in [3.63, 3.8) is 0 Å². The highest BCUT2D eigenvalue weighted by atomic mass is 32.1. The average Bonchev–Trinajstić information content (AvgIpc) is 2.53. The first-order valence-corrected chi connectivity index (χ1v) is 6.97. The van der Waals surface area contributed by atoms with E-state index in [0.29, 0.717) is 27.7 Å². The Morgan fingerprint density at radius 3 is 1.91 bits per heavy atom. The molecule has 0 aliphatic carbocycles. The molecule has 0 bridgehead atoms. The lowest BCUT2D eigenvalue weighted by molar-refractivity contribution is -0.137. The van der Waals surface area contributed by atoms with Crippen LogP contribution in [0.3, 0.4) is 0 Å². The van der Waals surface area contributed by atoms with Gasteiger partial charge in [-0.05, 0) is 36.4 Å². The summed E-state index contributed by atoms with van der Waals surface area (Å²) in [5.74, 6) is 1.02. The fraction of sp³-hybridized carbons (Fsp3) is 0.188. The SMILES string of the molecule is COc1cccc(OC)c1C(=S)Nc1ccc(C(F)(F)F)cc1. The number of alkyl halides is 3. The van der Waals surface area contributed by atoms with E-state index in [1.54, 1.807) is 18.2 Å². The second kappa shape index (κ2) is 6.87. The zero-order valence-corrected chi connectivity index (χ0v) is 13.2. The first-order valence-electron chi connectivity index (χ1n) is 6.56. The zero-order valence-electron chi connectivity index (χ0n) is 12.4. The van der Waals surface area contributed by atoms with Crippen LogP contribution in [0.15, 0.2) is 42.5 Å². The van der Waals surface area contributed by atoms with Gasteiger partial charge in [0.25, 0.3) is 0 Å². The molecule has 0 radical (unpaired) electrons. The van der Waals surface area contributed by atoms with Crippen molar-refractivity contribution < 1.29 is 22.6 Å². The molecule has 0 fully saturated rings. The summed E-state index contributed by atoms with van der Waals surface area (Å²) in [6.07, 6.45) is -4.37. The van der Waals surface area contributed by atoms with E-state index in [4.69, 9.17) is 21.7 Å². The molecule has 3 nitrogen and oxygen atoms in total. The van der Waals surface area contributed by atoms with Crippen molar-refractivity contribution in [2.75, 3.05) is 19.5 Å². The number of ether oxygens (including phenoxy) is 2. The summed E-state index contributed by atoms with van der Waals surface area (Å²) in [5.41, 5.74) is 0.257. The van der Waals surface area contributed by atoms with Gasteiger partial charge in [0.1, 0.15) is 16.5 Å². The van der Waals surface area contributed by atoms with Crippen LogP contribution in [0.2, 0.25) is 0 Å². The molecular formula is C16H14F3NO2S. The first-order chi connectivity index (χ1) is 10.9. The van der Waals surface area contributed by atoms with Crippen molar-refractivity contribution in [1.82, 2.24) is 0 Å². The van der Waals surface area contributed by atoms with Crippen molar-refractivity contribution in [3.8, 4) is 11.5 Å². The molecule has 2 rings (SSSR count). The monoisotopic (exact) mass is 341 g/mol. The number of halogens is 3. The topological polar surface area (TPSA) is 30.5 Å². The molecule has 7 heteroatoms. The number of methoxy groups -OCH3 is 2. The predicted octanol–water partition coefficient (Wildman–Crippen LogP) is 4.51. The summed E-state index contributed by atoms with van der Waals surface area (Å²) in [6.45, 7) is 0. The minimum absolute atomic E-state index is 0.291. The normalized spacial score (nSPS) is 11.0. The third kappa shape index (κ3) is 3.92. The summed E-state index contributed by atoms with van der Waals surface area (Å²) < 4.78 is 48.2. The fourth-order valence-corrected chi connectivity index (χ4v) is 2.33. The Kier molecular flexibility index (Phi) is 5.10. The summed E-state index contributed by atoms with van der Waals surface area (Å²) in [4.78, 5) is 0.291. The number of benzene rings is 2. The van der Waals surface area contributed by atoms with Gasteiger partial charge in [0.2, 0.25) is 0 Å². The highest BCUT2D eigenvalue weighted by molar-refractivity contribution is 7.81. The predicted molar refractivity (Wildman–Crippen MR) is 86.3 cm³/mol. The summed E-state index contributed by atoms with van der Waals surface area (Å²) in [7, 11) is 3.00. The van der Waals surface area contributed by atoms with Crippen molar-refractivity contribution in [1.29, 1.82) is 0 Å². The van der Waals surface area contributed by atoms with Gasteiger partial charge in [-0.3, -0.25) is 0 Å². The maximum atomic E-state index is 12.6. The molecule has 0 atom stereocenters. The van der Waals surface area contributed by atoms with Crippen molar-refractivity contribution >= 4 is 22.9 Å². The number of thiocarbonyl (C=S) groups is 1. The van der Waals surface area contributed by atoms with Gasteiger partial charge < -0.3 is 14.8 Å². The lowest BCUT2D eigenvalue weighted by atomic mass is 10.1. The number of hydrogen-bond acceptors (Lipinski definition) is 3. The van der Waals surface area contributed by atoms with E-state index in [1.165, 1.54) is 26.4 Å². The third-order valence-electron chi connectivity index (χ3n) is 3.12. The van der Waals surface area contributed by atoms with Gasteiger partial charge in [0.15, 0.2) is 0 Å². The van der Waals surface area contributed by atoms with Gasteiger partial charge in [-0.15, -0.1) is 0 Å². The highest BCUT2D eigenvalue weighted by Gasteiger charge is 2.30. The van der Waals surface area contributed by atoms with Crippen LogP contribution in [0, 0.1) is 0 Å². The highest BCUT2D eigenvalue weighted by Crippen LogP contribution is 2.31. The number of rotatable bonds is 4. The summed E-state index contributed by atoms with van der Waals surface area (Å²) in [6, 6.07) is 9.81. The fourth-order valence-electron chi connectivity index (χ4n) is 2.01. The Balaban J connectivity index is 2.26.